The molecule has 1 N–H and O–H groups in total. The fourth-order valence-electron chi connectivity index (χ4n) is 2.88. The van der Waals surface area contributed by atoms with Crippen LogP contribution in [-0.2, 0) is 0 Å². The molecule has 4 heteroatoms. The number of hydrogen-bond donors (Lipinski definition) is 1. The van der Waals surface area contributed by atoms with Crippen molar-refractivity contribution in [1.82, 2.24) is 10.2 Å². The van der Waals surface area contributed by atoms with Crippen LogP contribution in [0, 0.1) is 18.7 Å². The number of aryl methyl sites for hydroxylation is 1. The summed E-state index contributed by atoms with van der Waals surface area (Å²) in [6.07, 6.45) is 3.18. The second kappa shape index (κ2) is 7.55. The highest BCUT2D eigenvalue weighted by Gasteiger charge is 2.21. The molecule has 3 nitrogen and oxygen atoms in total. The van der Waals surface area contributed by atoms with Gasteiger partial charge in [0.15, 0.2) is 0 Å². The standard InChI is InChI=1S/C17H25FN2O/c1-3-10-20(12-14-6-8-19-9-7-14)17(21)15-4-5-16(18)13(2)11-15/h4-5,11,14,19H,3,6-10,12H2,1-2H3. The lowest BCUT2D eigenvalue weighted by Gasteiger charge is -2.30. The van der Waals surface area contributed by atoms with Crippen molar-refractivity contribution >= 4 is 5.91 Å². The van der Waals surface area contributed by atoms with Crippen LogP contribution in [0.25, 0.3) is 0 Å². The smallest absolute Gasteiger partial charge is 0.253 e. The topological polar surface area (TPSA) is 32.3 Å². The number of carbonyl (C=O) groups is 1. The second-order valence-electron chi connectivity index (χ2n) is 5.91. The van der Waals surface area contributed by atoms with E-state index in [1.165, 1.54) is 6.07 Å². The third-order valence-corrected chi connectivity index (χ3v) is 4.12. The van der Waals surface area contributed by atoms with Crippen molar-refractivity contribution in [3.05, 3.63) is 35.1 Å². The number of halogens is 1. The molecule has 1 aliphatic rings. The molecule has 1 aromatic carbocycles. The average Bonchev–Trinajstić information content (AvgIpc) is 2.50. The van der Waals surface area contributed by atoms with Gasteiger partial charge in [0.1, 0.15) is 5.82 Å². The second-order valence-corrected chi connectivity index (χ2v) is 5.91. The first-order valence-electron chi connectivity index (χ1n) is 7.88. The van der Waals surface area contributed by atoms with E-state index in [1.54, 1.807) is 19.1 Å². The van der Waals surface area contributed by atoms with Gasteiger partial charge in [-0.3, -0.25) is 4.79 Å². The van der Waals surface area contributed by atoms with Gasteiger partial charge in [0.2, 0.25) is 0 Å². The van der Waals surface area contributed by atoms with Crippen LogP contribution in [0.5, 0.6) is 0 Å². The Morgan fingerprint density at radius 1 is 1.38 bits per heavy atom. The van der Waals surface area contributed by atoms with Crippen molar-refractivity contribution in [2.24, 2.45) is 5.92 Å². The van der Waals surface area contributed by atoms with Crippen LogP contribution in [0.1, 0.15) is 42.1 Å². The zero-order chi connectivity index (χ0) is 15.2. The molecule has 1 saturated heterocycles. The molecule has 0 bridgehead atoms. The maximum atomic E-state index is 13.4. The molecule has 0 unspecified atom stereocenters. The lowest BCUT2D eigenvalue weighted by atomic mass is 9.97. The molecule has 0 saturated carbocycles. The molecule has 0 spiro atoms. The predicted molar refractivity (Wildman–Crippen MR) is 82.9 cm³/mol. The molecule has 1 aliphatic heterocycles. The minimum Gasteiger partial charge on any atom is -0.338 e. The number of carbonyl (C=O) groups excluding carboxylic acids is 1. The van der Waals surface area contributed by atoms with E-state index in [-0.39, 0.29) is 11.7 Å². The van der Waals surface area contributed by atoms with Gasteiger partial charge in [-0.2, -0.15) is 0 Å². The van der Waals surface area contributed by atoms with Crippen LogP contribution >= 0.6 is 0 Å². The Balaban J connectivity index is 2.08. The molecular weight excluding hydrogens is 267 g/mol. The molecule has 116 valence electrons. The molecule has 0 radical (unpaired) electrons. The van der Waals surface area contributed by atoms with Crippen LogP contribution in [0.2, 0.25) is 0 Å². The number of benzene rings is 1. The molecule has 1 fully saturated rings. The lowest BCUT2D eigenvalue weighted by Crippen LogP contribution is -2.39. The van der Waals surface area contributed by atoms with Gasteiger partial charge in [-0.25, -0.2) is 4.39 Å². The molecule has 1 amide bonds. The Labute approximate surface area is 126 Å². The Morgan fingerprint density at radius 3 is 2.71 bits per heavy atom. The average molecular weight is 292 g/mol. The summed E-state index contributed by atoms with van der Waals surface area (Å²) in [7, 11) is 0. The summed E-state index contributed by atoms with van der Waals surface area (Å²) in [6.45, 7) is 7.43. The van der Waals surface area contributed by atoms with E-state index in [0.29, 0.717) is 17.0 Å². The summed E-state index contributed by atoms with van der Waals surface area (Å²) in [4.78, 5) is 14.6. The summed E-state index contributed by atoms with van der Waals surface area (Å²) >= 11 is 0. The van der Waals surface area contributed by atoms with E-state index in [0.717, 1.165) is 45.4 Å². The summed E-state index contributed by atoms with van der Waals surface area (Å²) in [6, 6.07) is 4.63. The SMILES string of the molecule is CCCN(CC1CCNCC1)C(=O)c1ccc(F)c(C)c1. The highest BCUT2D eigenvalue weighted by molar-refractivity contribution is 5.94. The van der Waals surface area contributed by atoms with E-state index < -0.39 is 0 Å². The van der Waals surface area contributed by atoms with Gasteiger partial charge in [0, 0.05) is 18.7 Å². The number of rotatable bonds is 5. The van der Waals surface area contributed by atoms with E-state index in [9.17, 15) is 9.18 Å². The highest BCUT2D eigenvalue weighted by Crippen LogP contribution is 2.17. The lowest BCUT2D eigenvalue weighted by molar-refractivity contribution is 0.0716. The van der Waals surface area contributed by atoms with E-state index >= 15 is 0 Å². The Bertz CT molecular complexity index is 484. The van der Waals surface area contributed by atoms with Gasteiger partial charge in [0.25, 0.3) is 5.91 Å². The number of amides is 1. The molecule has 2 rings (SSSR count). The van der Waals surface area contributed by atoms with Gasteiger partial charge in [-0.05, 0) is 69.0 Å². The van der Waals surface area contributed by atoms with Crippen molar-refractivity contribution in [2.45, 2.75) is 33.1 Å². The first kappa shape index (κ1) is 16.0. The zero-order valence-electron chi connectivity index (χ0n) is 13.0. The van der Waals surface area contributed by atoms with Crippen molar-refractivity contribution in [3.8, 4) is 0 Å². The van der Waals surface area contributed by atoms with Crippen LogP contribution in [0.4, 0.5) is 4.39 Å². The molecular formula is C17H25FN2O. The van der Waals surface area contributed by atoms with E-state index in [2.05, 4.69) is 12.2 Å². The molecule has 1 heterocycles. The number of nitrogens with zero attached hydrogens (tertiary/aromatic N) is 1. The number of nitrogens with one attached hydrogen (secondary N) is 1. The van der Waals surface area contributed by atoms with Crippen molar-refractivity contribution < 1.29 is 9.18 Å². The quantitative estimate of drug-likeness (QED) is 0.905. The Hall–Kier alpha value is -1.42. The molecule has 0 atom stereocenters. The molecule has 1 aromatic rings. The van der Waals surface area contributed by atoms with Crippen molar-refractivity contribution in [2.75, 3.05) is 26.2 Å². The van der Waals surface area contributed by atoms with Gasteiger partial charge in [-0.15, -0.1) is 0 Å². The molecule has 21 heavy (non-hydrogen) atoms. The van der Waals surface area contributed by atoms with E-state index in [4.69, 9.17) is 0 Å². The summed E-state index contributed by atoms with van der Waals surface area (Å²) in [5, 5.41) is 3.35. The van der Waals surface area contributed by atoms with Crippen LogP contribution in [-0.4, -0.2) is 37.0 Å². The van der Waals surface area contributed by atoms with E-state index in [1.807, 2.05) is 4.90 Å². The third-order valence-electron chi connectivity index (χ3n) is 4.12. The number of hydrogen-bond acceptors (Lipinski definition) is 2. The van der Waals surface area contributed by atoms with Crippen LogP contribution in [0.15, 0.2) is 18.2 Å². The normalized spacial score (nSPS) is 16.0. The van der Waals surface area contributed by atoms with Crippen LogP contribution < -0.4 is 5.32 Å². The minimum absolute atomic E-state index is 0.0264. The van der Waals surface area contributed by atoms with Crippen molar-refractivity contribution in [3.63, 3.8) is 0 Å². The fourth-order valence-corrected chi connectivity index (χ4v) is 2.88. The maximum absolute atomic E-state index is 13.4. The highest BCUT2D eigenvalue weighted by atomic mass is 19.1. The molecule has 0 aliphatic carbocycles. The largest absolute Gasteiger partial charge is 0.338 e. The predicted octanol–water partition coefficient (Wildman–Crippen LogP) is 2.99. The summed E-state index contributed by atoms with van der Waals surface area (Å²) < 4.78 is 13.4. The third kappa shape index (κ3) is 4.27. The first-order valence-corrected chi connectivity index (χ1v) is 7.88. The molecule has 0 aromatic heterocycles. The van der Waals surface area contributed by atoms with Crippen LogP contribution in [0.3, 0.4) is 0 Å². The van der Waals surface area contributed by atoms with Gasteiger partial charge < -0.3 is 10.2 Å². The minimum atomic E-state index is -0.257. The number of piperidine rings is 1. The Morgan fingerprint density at radius 2 is 2.10 bits per heavy atom. The first-order chi connectivity index (χ1) is 10.1. The van der Waals surface area contributed by atoms with Crippen molar-refractivity contribution in [1.29, 1.82) is 0 Å². The zero-order valence-corrected chi connectivity index (χ0v) is 13.0. The van der Waals surface area contributed by atoms with Gasteiger partial charge in [-0.1, -0.05) is 6.92 Å². The summed E-state index contributed by atoms with van der Waals surface area (Å²) in [5.74, 6) is 0.341. The maximum Gasteiger partial charge on any atom is 0.253 e. The Kier molecular flexibility index (Phi) is 5.74. The monoisotopic (exact) mass is 292 g/mol. The van der Waals surface area contributed by atoms with Gasteiger partial charge >= 0.3 is 0 Å². The summed E-state index contributed by atoms with van der Waals surface area (Å²) in [5.41, 5.74) is 1.12. The fraction of sp³-hybridized carbons (Fsp3) is 0.588. The van der Waals surface area contributed by atoms with Gasteiger partial charge in [0.05, 0.1) is 0 Å².